The van der Waals surface area contributed by atoms with Crippen molar-refractivity contribution in [2.45, 2.75) is 25.5 Å². The zero-order valence-corrected chi connectivity index (χ0v) is 19.0. The number of rotatable bonds is 7. The molecule has 0 saturated carbocycles. The highest BCUT2D eigenvalue weighted by atomic mass is 35.5. The smallest absolute Gasteiger partial charge is 0.254 e. The van der Waals surface area contributed by atoms with Gasteiger partial charge in [-0.2, -0.15) is 0 Å². The van der Waals surface area contributed by atoms with E-state index in [9.17, 15) is 9.59 Å². The van der Waals surface area contributed by atoms with E-state index in [-0.39, 0.29) is 18.4 Å². The number of aromatic nitrogens is 1. The van der Waals surface area contributed by atoms with Gasteiger partial charge in [-0.15, -0.1) is 11.3 Å². The van der Waals surface area contributed by atoms with Gasteiger partial charge in [0.1, 0.15) is 12.6 Å². The van der Waals surface area contributed by atoms with Gasteiger partial charge in [-0.05, 0) is 37.1 Å². The number of carbonyl (C=O) groups is 2. The van der Waals surface area contributed by atoms with E-state index in [1.54, 1.807) is 40.7 Å². The van der Waals surface area contributed by atoms with Crippen molar-refractivity contribution in [3.63, 3.8) is 0 Å². The van der Waals surface area contributed by atoms with Crippen LogP contribution in [-0.2, 0) is 11.4 Å². The van der Waals surface area contributed by atoms with Crippen LogP contribution < -0.4 is 14.8 Å². The number of anilines is 1. The van der Waals surface area contributed by atoms with Gasteiger partial charge in [0.05, 0.1) is 7.11 Å². The van der Waals surface area contributed by atoms with Gasteiger partial charge in [0.25, 0.3) is 5.91 Å². The van der Waals surface area contributed by atoms with E-state index < -0.39 is 6.04 Å². The maximum absolute atomic E-state index is 13.2. The van der Waals surface area contributed by atoms with E-state index in [2.05, 4.69) is 10.3 Å². The summed E-state index contributed by atoms with van der Waals surface area (Å²) in [7, 11) is 1.52. The third-order valence-electron chi connectivity index (χ3n) is 5.23. The summed E-state index contributed by atoms with van der Waals surface area (Å²) in [5, 5.41) is 5.72. The Bertz CT molecular complexity index is 1110. The molecule has 2 heterocycles. The second-order valence-corrected chi connectivity index (χ2v) is 8.53. The standard InChI is InChI=1S/C23H22ClN3O4S/c1-30-20-13-15(8-9-19(20)31-14-16-5-2-3-6-17(16)24)22(29)27-11-4-7-18(27)21(28)26-23-25-10-12-32-23/h2-3,5-6,8-10,12-13,18H,4,7,11,14H2,1H3,(H,25,26,28). The molecule has 32 heavy (non-hydrogen) atoms. The molecule has 0 radical (unpaired) electrons. The van der Waals surface area contributed by atoms with Gasteiger partial charge in [-0.1, -0.05) is 29.8 Å². The van der Waals surface area contributed by atoms with Crippen LogP contribution in [0, 0.1) is 0 Å². The average Bonchev–Trinajstić information content (AvgIpc) is 3.50. The van der Waals surface area contributed by atoms with Crippen molar-refractivity contribution in [3.8, 4) is 11.5 Å². The molecule has 7 nitrogen and oxygen atoms in total. The van der Waals surface area contributed by atoms with E-state index in [0.29, 0.717) is 40.2 Å². The summed E-state index contributed by atoms with van der Waals surface area (Å²) >= 11 is 7.53. The van der Waals surface area contributed by atoms with E-state index in [1.165, 1.54) is 18.4 Å². The van der Waals surface area contributed by atoms with Crippen molar-refractivity contribution in [2.75, 3.05) is 19.0 Å². The van der Waals surface area contributed by atoms with Gasteiger partial charge in [0.15, 0.2) is 16.6 Å². The van der Waals surface area contributed by atoms with E-state index in [0.717, 1.165) is 12.0 Å². The van der Waals surface area contributed by atoms with Crippen LogP contribution in [0.5, 0.6) is 11.5 Å². The van der Waals surface area contributed by atoms with E-state index >= 15 is 0 Å². The normalized spacial score (nSPS) is 15.4. The van der Waals surface area contributed by atoms with Crippen molar-refractivity contribution in [3.05, 3.63) is 70.2 Å². The van der Waals surface area contributed by atoms with Gasteiger partial charge in [0, 0.05) is 34.3 Å². The number of halogens is 1. The number of nitrogens with zero attached hydrogens (tertiary/aromatic N) is 2. The molecule has 0 bridgehead atoms. The van der Waals surface area contributed by atoms with Gasteiger partial charge in [-0.3, -0.25) is 9.59 Å². The molecular weight excluding hydrogens is 450 g/mol. The Morgan fingerprint density at radius 1 is 1.25 bits per heavy atom. The summed E-state index contributed by atoms with van der Waals surface area (Å²) in [6.45, 7) is 0.788. The fourth-order valence-corrected chi connectivity index (χ4v) is 4.34. The van der Waals surface area contributed by atoms with Gasteiger partial charge < -0.3 is 19.7 Å². The number of benzene rings is 2. The highest BCUT2D eigenvalue weighted by Crippen LogP contribution is 2.31. The number of thiazole rings is 1. The lowest BCUT2D eigenvalue weighted by atomic mass is 10.1. The third kappa shape index (κ3) is 4.87. The van der Waals surface area contributed by atoms with Crippen LogP contribution in [0.4, 0.5) is 5.13 Å². The number of amides is 2. The van der Waals surface area contributed by atoms with Crippen molar-refractivity contribution >= 4 is 39.9 Å². The van der Waals surface area contributed by atoms with Gasteiger partial charge in [0.2, 0.25) is 5.91 Å². The Balaban J connectivity index is 1.47. The predicted octanol–water partition coefficient (Wildman–Crippen LogP) is 4.63. The molecule has 1 aliphatic heterocycles. The molecule has 1 aliphatic rings. The minimum absolute atomic E-state index is 0.224. The molecule has 1 fully saturated rings. The first-order valence-corrected chi connectivity index (χ1v) is 11.4. The SMILES string of the molecule is COc1cc(C(=O)N2CCCC2C(=O)Nc2nccs2)ccc1OCc1ccccc1Cl. The lowest BCUT2D eigenvalue weighted by Gasteiger charge is -2.24. The Kier molecular flexibility index (Phi) is 6.92. The van der Waals surface area contributed by atoms with Crippen molar-refractivity contribution < 1.29 is 19.1 Å². The zero-order valence-electron chi connectivity index (χ0n) is 17.4. The van der Waals surface area contributed by atoms with E-state index in [4.69, 9.17) is 21.1 Å². The van der Waals surface area contributed by atoms with Gasteiger partial charge in [-0.25, -0.2) is 4.98 Å². The maximum atomic E-state index is 13.2. The Morgan fingerprint density at radius 3 is 2.84 bits per heavy atom. The van der Waals surface area contributed by atoms with Crippen LogP contribution >= 0.6 is 22.9 Å². The molecule has 1 N–H and O–H groups in total. The van der Waals surface area contributed by atoms with Crippen LogP contribution in [-0.4, -0.2) is 41.4 Å². The predicted molar refractivity (Wildman–Crippen MR) is 124 cm³/mol. The molecular formula is C23H22ClN3O4S. The molecule has 2 aromatic carbocycles. The molecule has 1 aromatic heterocycles. The maximum Gasteiger partial charge on any atom is 0.254 e. The average molecular weight is 472 g/mol. The van der Waals surface area contributed by atoms with Gasteiger partial charge >= 0.3 is 0 Å². The van der Waals surface area contributed by atoms with Crippen LogP contribution in [0.2, 0.25) is 5.02 Å². The lowest BCUT2D eigenvalue weighted by molar-refractivity contribution is -0.119. The van der Waals surface area contributed by atoms with Crippen molar-refractivity contribution in [2.24, 2.45) is 0 Å². The highest BCUT2D eigenvalue weighted by Gasteiger charge is 2.35. The van der Waals surface area contributed by atoms with Crippen molar-refractivity contribution in [1.29, 1.82) is 0 Å². The highest BCUT2D eigenvalue weighted by molar-refractivity contribution is 7.13. The first-order chi connectivity index (χ1) is 15.6. The molecule has 166 valence electrons. The first-order valence-electron chi connectivity index (χ1n) is 10.1. The monoisotopic (exact) mass is 471 g/mol. The summed E-state index contributed by atoms with van der Waals surface area (Å²) < 4.78 is 11.3. The number of methoxy groups -OCH3 is 1. The first kappa shape index (κ1) is 22.1. The summed E-state index contributed by atoms with van der Waals surface area (Å²) in [4.78, 5) is 31.6. The zero-order chi connectivity index (χ0) is 22.5. The van der Waals surface area contributed by atoms with Crippen molar-refractivity contribution in [1.82, 2.24) is 9.88 Å². The van der Waals surface area contributed by atoms with Crippen LogP contribution in [0.25, 0.3) is 0 Å². The molecule has 1 atom stereocenters. The molecule has 0 spiro atoms. The minimum atomic E-state index is -0.534. The minimum Gasteiger partial charge on any atom is -0.493 e. The number of carbonyl (C=O) groups excluding carboxylic acids is 2. The second-order valence-electron chi connectivity index (χ2n) is 7.23. The molecule has 0 aliphatic carbocycles. The second kappa shape index (κ2) is 10.0. The molecule has 3 aromatic rings. The summed E-state index contributed by atoms with van der Waals surface area (Å²) in [6, 6.07) is 11.9. The number of likely N-dealkylation sites (tertiary alicyclic amines) is 1. The molecule has 9 heteroatoms. The fourth-order valence-electron chi connectivity index (χ4n) is 3.61. The van der Waals surface area contributed by atoms with Crippen LogP contribution in [0.3, 0.4) is 0 Å². The Hall–Kier alpha value is -3.10. The van der Waals surface area contributed by atoms with E-state index in [1.807, 2.05) is 18.2 Å². The molecule has 1 unspecified atom stereocenters. The van der Waals surface area contributed by atoms with Crippen LogP contribution in [0.15, 0.2) is 54.0 Å². The third-order valence-corrected chi connectivity index (χ3v) is 6.29. The Labute approximate surface area is 194 Å². The Morgan fingerprint density at radius 2 is 2.09 bits per heavy atom. The summed E-state index contributed by atoms with van der Waals surface area (Å²) in [5.41, 5.74) is 1.28. The fraction of sp³-hybridized carbons (Fsp3) is 0.261. The molecule has 2 amide bonds. The quantitative estimate of drug-likeness (QED) is 0.543. The number of hydrogen-bond acceptors (Lipinski definition) is 6. The molecule has 1 saturated heterocycles. The lowest BCUT2D eigenvalue weighted by Crippen LogP contribution is -2.43. The molecule has 4 rings (SSSR count). The number of nitrogens with one attached hydrogen (secondary N) is 1. The topological polar surface area (TPSA) is 80.8 Å². The summed E-state index contributed by atoms with van der Waals surface area (Å²) in [6.07, 6.45) is 3.00. The largest absolute Gasteiger partial charge is 0.493 e. The summed E-state index contributed by atoms with van der Waals surface area (Å²) in [5.74, 6) is 0.490. The van der Waals surface area contributed by atoms with Crippen LogP contribution in [0.1, 0.15) is 28.8 Å². The number of ether oxygens (including phenoxy) is 2. The number of hydrogen-bond donors (Lipinski definition) is 1.